The lowest BCUT2D eigenvalue weighted by Gasteiger charge is -2.27. The van der Waals surface area contributed by atoms with E-state index in [1.807, 2.05) is 0 Å². The van der Waals surface area contributed by atoms with Gasteiger partial charge in [-0.1, -0.05) is 0 Å². The molecule has 0 aliphatic carbocycles. The SMILES string of the molecule is Cc1cc([N+](=O)[O-])ccc1S(=O)(=O)N1C2CCNCC1CC2.Cl. The number of hydrogen-bond acceptors (Lipinski definition) is 5. The van der Waals surface area contributed by atoms with E-state index in [1.54, 1.807) is 11.2 Å². The van der Waals surface area contributed by atoms with Crippen molar-refractivity contribution < 1.29 is 13.3 Å². The summed E-state index contributed by atoms with van der Waals surface area (Å²) in [7, 11) is -3.62. The van der Waals surface area contributed by atoms with E-state index in [0.29, 0.717) is 12.1 Å². The summed E-state index contributed by atoms with van der Waals surface area (Å²) in [5.41, 5.74) is 0.336. The first-order valence-corrected chi connectivity index (χ1v) is 8.84. The van der Waals surface area contributed by atoms with Gasteiger partial charge in [0.2, 0.25) is 10.0 Å². The molecule has 0 saturated carbocycles. The summed E-state index contributed by atoms with van der Waals surface area (Å²) in [6, 6.07) is 3.95. The van der Waals surface area contributed by atoms with Crippen LogP contribution in [0.2, 0.25) is 0 Å². The lowest BCUT2D eigenvalue weighted by molar-refractivity contribution is -0.385. The van der Waals surface area contributed by atoms with Gasteiger partial charge in [-0.3, -0.25) is 10.1 Å². The number of fused-ring (bicyclic) bond motifs is 2. The molecule has 2 atom stereocenters. The maximum absolute atomic E-state index is 13.0. The number of nitro groups is 1. The highest BCUT2D eigenvalue weighted by molar-refractivity contribution is 7.89. The highest BCUT2D eigenvalue weighted by Gasteiger charge is 2.43. The van der Waals surface area contributed by atoms with Crippen molar-refractivity contribution in [1.29, 1.82) is 0 Å². The van der Waals surface area contributed by atoms with Crippen molar-refractivity contribution in [3.05, 3.63) is 33.9 Å². The Hall–Kier alpha value is -1.22. The molecule has 1 N–H and O–H groups in total. The molecule has 2 bridgehead atoms. The van der Waals surface area contributed by atoms with Gasteiger partial charge in [-0.2, -0.15) is 4.31 Å². The highest BCUT2D eigenvalue weighted by atomic mass is 35.5. The molecule has 1 aromatic carbocycles. The number of nitro benzene ring substituents is 1. The second-order valence-electron chi connectivity index (χ2n) is 5.92. The van der Waals surface area contributed by atoms with Crippen LogP contribution in [0.4, 0.5) is 5.69 Å². The number of rotatable bonds is 3. The third-order valence-corrected chi connectivity index (χ3v) is 6.68. The van der Waals surface area contributed by atoms with Gasteiger partial charge < -0.3 is 5.32 Å². The molecular weight excluding hydrogens is 342 g/mol. The van der Waals surface area contributed by atoms with Crippen LogP contribution in [0.3, 0.4) is 0 Å². The van der Waals surface area contributed by atoms with E-state index in [2.05, 4.69) is 5.32 Å². The van der Waals surface area contributed by atoms with Crippen molar-refractivity contribution in [3.8, 4) is 0 Å². The minimum Gasteiger partial charge on any atom is -0.315 e. The van der Waals surface area contributed by atoms with Crippen LogP contribution in [-0.4, -0.2) is 42.8 Å². The first-order chi connectivity index (χ1) is 10.4. The molecule has 2 heterocycles. The molecule has 128 valence electrons. The summed E-state index contributed by atoms with van der Waals surface area (Å²) in [6.07, 6.45) is 2.56. The number of halogens is 1. The first kappa shape index (κ1) is 18.1. The fourth-order valence-electron chi connectivity index (χ4n) is 3.48. The fourth-order valence-corrected chi connectivity index (χ4v) is 5.59. The molecule has 2 saturated heterocycles. The number of sulfonamides is 1. The number of nitrogens with one attached hydrogen (secondary N) is 1. The van der Waals surface area contributed by atoms with Gasteiger partial charge >= 0.3 is 0 Å². The molecule has 3 rings (SSSR count). The monoisotopic (exact) mass is 361 g/mol. The van der Waals surface area contributed by atoms with E-state index < -0.39 is 14.9 Å². The standard InChI is InChI=1S/C14H19N3O4S.ClH/c1-10-8-12(17(18)19)4-5-14(10)22(20,21)16-11-2-3-13(16)9-15-7-6-11;/h4-5,8,11,13,15H,2-3,6-7,9H2,1H3;1H. The van der Waals surface area contributed by atoms with Crippen LogP contribution in [-0.2, 0) is 10.0 Å². The van der Waals surface area contributed by atoms with E-state index in [9.17, 15) is 18.5 Å². The van der Waals surface area contributed by atoms with Gasteiger partial charge in [-0.15, -0.1) is 12.4 Å². The van der Waals surface area contributed by atoms with E-state index in [1.165, 1.54) is 18.2 Å². The van der Waals surface area contributed by atoms with Gasteiger partial charge in [-0.25, -0.2) is 8.42 Å². The summed E-state index contributed by atoms with van der Waals surface area (Å²) in [5.74, 6) is 0. The summed E-state index contributed by atoms with van der Waals surface area (Å²) in [6.45, 7) is 3.10. The van der Waals surface area contributed by atoms with Gasteiger partial charge in [0.1, 0.15) is 0 Å². The van der Waals surface area contributed by atoms with Crippen molar-refractivity contribution >= 4 is 28.1 Å². The quantitative estimate of drug-likeness (QED) is 0.655. The summed E-state index contributed by atoms with van der Waals surface area (Å²) >= 11 is 0. The van der Waals surface area contributed by atoms with Gasteiger partial charge in [0.15, 0.2) is 0 Å². The molecule has 2 aliphatic rings. The molecule has 2 fully saturated rings. The van der Waals surface area contributed by atoms with Crippen molar-refractivity contribution in [1.82, 2.24) is 9.62 Å². The minimum atomic E-state index is -3.62. The van der Waals surface area contributed by atoms with E-state index in [0.717, 1.165) is 25.8 Å². The summed E-state index contributed by atoms with van der Waals surface area (Å²) in [5, 5.41) is 14.1. The van der Waals surface area contributed by atoms with Crippen molar-refractivity contribution in [2.75, 3.05) is 13.1 Å². The number of non-ortho nitro benzene ring substituents is 1. The minimum absolute atomic E-state index is 0. The van der Waals surface area contributed by atoms with Gasteiger partial charge in [0.25, 0.3) is 5.69 Å². The number of hydrogen-bond donors (Lipinski definition) is 1. The normalized spacial score (nSPS) is 24.7. The molecule has 0 spiro atoms. The van der Waals surface area contributed by atoms with Crippen molar-refractivity contribution in [2.45, 2.75) is 43.2 Å². The third-order valence-electron chi connectivity index (χ3n) is 4.51. The van der Waals surface area contributed by atoms with Crippen LogP contribution in [0.1, 0.15) is 24.8 Å². The molecule has 0 radical (unpaired) electrons. The largest absolute Gasteiger partial charge is 0.315 e. The molecule has 9 heteroatoms. The Balaban J connectivity index is 0.00000192. The Kier molecular flexibility index (Phi) is 5.30. The zero-order valence-corrected chi connectivity index (χ0v) is 14.4. The van der Waals surface area contributed by atoms with E-state index in [4.69, 9.17) is 0 Å². The van der Waals surface area contributed by atoms with Crippen LogP contribution in [0.5, 0.6) is 0 Å². The molecule has 7 nitrogen and oxygen atoms in total. The Morgan fingerprint density at radius 2 is 1.96 bits per heavy atom. The molecule has 2 aliphatic heterocycles. The van der Waals surface area contributed by atoms with Crippen molar-refractivity contribution in [2.24, 2.45) is 0 Å². The highest BCUT2D eigenvalue weighted by Crippen LogP contribution is 2.35. The van der Waals surface area contributed by atoms with Crippen LogP contribution in [0, 0.1) is 17.0 Å². The van der Waals surface area contributed by atoms with Crippen LogP contribution < -0.4 is 5.32 Å². The number of aryl methyl sites for hydroxylation is 1. The maximum atomic E-state index is 13.0. The molecule has 2 unspecified atom stereocenters. The second kappa shape index (κ2) is 6.72. The van der Waals surface area contributed by atoms with Crippen LogP contribution >= 0.6 is 12.4 Å². The lowest BCUT2D eigenvalue weighted by Crippen LogP contribution is -2.42. The van der Waals surface area contributed by atoms with Crippen molar-refractivity contribution in [3.63, 3.8) is 0 Å². The van der Waals surface area contributed by atoms with Crippen LogP contribution in [0.15, 0.2) is 23.1 Å². The van der Waals surface area contributed by atoms with E-state index >= 15 is 0 Å². The first-order valence-electron chi connectivity index (χ1n) is 7.40. The Labute approximate surface area is 141 Å². The maximum Gasteiger partial charge on any atom is 0.269 e. The summed E-state index contributed by atoms with van der Waals surface area (Å²) in [4.78, 5) is 10.5. The second-order valence-corrected chi connectivity index (χ2v) is 7.73. The Morgan fingerprint density at radius 3 is 2.61 bits per heavy atom. The third kappa shape index (κ3) is 3.21. The van der Waals surface area contributed by atoms with Gasteiger partial charge in [0, 0.05) is 30.8 Å². The predicted molar refractivity (Wildman–Crippen MR) is 88.4 cm³/mol. The van der Waals surface area contributed by atoms with Crippen LogP contribution in [0.25, 0.3) is 0 Å². The fraction of sp³-hybridized carbons (Fsp3) is 0.571. The predicted octanol–water partition coefficient (Wildman–Crippen LogP) is 1.84. The molecule has 1 aromatic rings. The number of benzene rings is 1. The van der Waals surface area contributed by atoms with Gasteiger partial charge in [0.05, 0.1) is 9.82 Å². The Morgan fingerprint density at radius 1 is 1.26 bits per heavy atom. The molecule has 23 heavy (non-hydrogen) atoms. The molecule has 0 aromatic heterocycles. The zero-order valence-electron chi connectivity index (χ0n) is 12.8. The average Bonchev–Trinajstić information content (AvgIpc) is 2.72. The van der Waals surface area contributed by atoms with Gasteiger partial charge in [-0.05, 0) is 44.4 Å². The molecule has 0 amide bonds. The molecular formula is C14H20ClN3O4S. The topological polar surface area (TPSA) is 92.5 Å². The van der Waals surface area contributed by atoms with E-state index in [-0.39, 0.29) is 35.1 Å². The lowest BCUT2D eigenvalue weighted by atomic mass is 10.1. The Bertz CT molecular complexity index is 696. The zero-order chi connectivity index (χ0) is 15.9. The average molecular weight is 362 g/mol. The summed E-state index contributed by atoms with van der Waals surface area (Å²) < 4.78 is 27.7. The number of nitrogens with zero attached hydrogens (tertiary/aromatic N) is 2. The smallest absolute Gasteiger partial charge is 0.269 e.